The third-order valence-corrected chi connectivity index (χ3v) is 5.35. The summed E-state index contributed by atoms with van der Waals surface area (Å²) in [5.41, 5.74) is 3.15. The first-order valence-electron chi connectivity index (χ1n) is 9.57. The minimum Gasteiger partial charge on any atom is -0.357 e. The summed E-state index contributed by atoms with van der Waals surface area (Å²) < 4.78 is 1.87. The van der Waals surface area contributed by atoms with Crippen LogP contribution in [-0.2, 0) is 13.0 Å². The van der Waals surface area contributed by atoms with Gasteiger partial charge in [-0.05, 0) is 56.3 Å². The molecule has 0 unspecified atom stereocenters. The number of pyridine rings is 1. The number of hydrogen-bond donors (Lipinski definition) is 1. The van der Waals surface area contributed by atoms with Crippen molar-refractivity contribution in [3.63, 3.8) is 0 Å². The summed E-state index contributed by atoms with van der Waals surface area (Å²) >= 11 is 1.80. The molecule has 0 spiro atoms. The summed E-state index contributed by atoms with van der Waals surface area (Å²) in [6.45, 7) is 8.49. The molecule has 0 amide bonds. The molecule has 0 radical (unpaired) electrons. The third-order valence-electron chi connectivity index (χ3n) is 4.42. The van der Waals surface area contributed by atoms with E-state index in [0.717, 1.165) is 48.2 Å². The molecule has 6 nitrogen and oxygen atoms in total. The lowest BCUT2D eigenvalue weighted by atomic mass is 10.3. The Balaban J connectivity index is 1.64. The largest absolute Gasteiger partial charge is 0.357 e. The van der Waals surface area contributed by atoms with Crippen LogP contribution >= 0.6 is 11.3 Å². The highest BCUT2D eigenvalue weighted by Crippen LogP contribution is 2.12. The van der Waals surface area contributed by atoms with E-state index in [1.807, 2.05) is 30.8 Å². The van der Waals surface area contributed by atoms with E-state index >= 15 is 0 Å². The van der Waals surface area contributed by atoms with Crippen LogP contribution in [-0.4, -0.2) is 45.8 Å². The van der Waals surface area contributed by atoms with Gasteiger partial charge in [0.15, 0.2) is 11.8 Å². The van der Waals surface area contributed by atoms with E-state index < -0.39 is 0 Å². The number of rotatable bonds is 7. The van der Waals surface area contributed by atoms with Crippen LogP contribution in [0.3, 0.4) is 0 Å². The van der Waals surface area contributed by atoms with E-state index in [4.69, 9.17) is 4.99 Å². The number of nitrogens with zero attached hydrogens (tertiary/aromatic N) is 5. The summed E-state index contributed by atoms with van der Waals surface area (Å²) in [7, 11) is 2.08. The van der Waals surface area contributed by atoms with Gasteiger partial charge in [0.2, 0.25) is 0 Å². The van der Waals surface area contributed by atoms with Crippen molar-refractivity contribution in [2.75, 3.05) is 20.1 Å². The SMILES string of the molecule is CCNC(=NCc1ccc(-n2nc(C)cc2C)nc1)N(C)CCc1cccs1. The molecule has 3 aromatic rings. The smallest absolute Gasteiger partial charge is 0.193 e. The zero-order valence-corrected chi connectivity index (χ0v) is 17.8. The van der Waals surface area contributed by atoms with Crippen LogP contribution in [0.5, 0.6) is 0 Å². The minimum atomic E-state index is 0.593. The van der Waals surface area contributed by atoms with Crippen molar-refractivity contribution in [1.29, 1.82) is 0 Å². The van der Waals surface area contributed by atoms with Crippen molar-refractivity contribution < 1.29 is 0 Å². The molecule has 0 saturated heterocycles. The van der Waals surface area contributed by atoms with Crippen LogP contribution in [0.15, 0.2) is 46.9 Å². The lowest BCUT2D eigenvalue weighted by Crippen LogP contribution is -2.39. The molecule has 148 valence electrons. The molecule has 3 heterocycles. The number of nitrogens with one attached hydrogen (secondary N) is 1. The quantitative estimate of drug-likeness (QED) is 0.490. The molecule has 0 saturated carbocycles. The minimum absolute atomic E-state index is 0.593. The Kier molecular flexibility index (Phi) is 6.81. The Morgan fingerprint density at radius 3 is 2.75 bits per heavy atom. The second-order valence-electron chi connectivity index (χ2n) is 6.78. The Bertz CT molecular complexity index is 896. The monoisotopic (exact) mass is 396 g/mol. The average Bonchev–Trinajstić information content (AvgIpc) is 3.33. The predicted octanol–water partition coefficient (Wildman–Crippen LogP) is 3.59. The molecule has 3 aromatic heterocycles. The van der Waals surface area contributed by atoms with Gasteiger partial charge >= 0.3 is 0 Å². The van der Waals surface area contributed by atoms with Crippen molar-refractivity contribution in [3.05, 3.63) is 63.7 Å². The maximum absolute atomic E-state index is 4.78. The first-order chi connectivity index (χ1) is 13.6. The molecule has 0 bridgehead atoms. The second kappa shape index (κ2) is 9.50. The summed E-state index contributed by atoms with van der Waals surface area (Å²) in [4.78, 5) is 12.9. The van der Waals surface area contributed by atoms with Crippen LogP contribution in [0.25, 0.3) is 5.82 Å². The van der Waals surface area contributed by atoms with Crippen molar-refractivity contribution in [3.8, 4) is 5.82 Å². The molecular weight excluding hydrogens is 368 g/mol. The molecule has 0 fully saturated rings. The fourth-order valence-electron chi connectivity index (χ4n) is 2.97. The first-order valence-corrected chi connectivity index (χ1v) is 10.4. The Morgan fingerprint density at radius 1 is 1.29 bits per heavy atom. The average molecular weight is 397 g/mol. The van der Waals surface area contributed by atoms with Gasteiger partial charge in [0.05, 0.1) is 12.2 Å². The molecule has 7 heteroatoms. The molecule has 0 aromatic carbocycles. The molecule has 28 heavy (non-hydrogen) atoms. The summed E-state index contributed by atoms with van der Waals surface area (Å²) in [6.07, 6.45) is 2.90. The van der Waals surface area contributed by atoms with E-state index in [1.54, 1.807) is 11.3 Å². The molecule has 0 aliphatic rings. The maximum Gasteiger partial charge on any atom is 0.193 e. The third kappa shape index (κ3) is 5.19. The lowest BCUT2D eigenvalue weighted by molar-refractivity contribution is 0.486. The van der Waals surface area contributed by atoms with E-state index in [9.17, 15) is 0 Å². The zero-order chi connectivity index (χ0) is 19.9. The van der Waals surface area contributed by atoms with Crippen molar-refractivity contribution in [2.45, 2.75) is 33.7 Å². The van der Waals surface area contributed by atoms with Crippen LogP contribution in [0.4, 0.5) is 0 Å². The van der Waals surface area contributed by atoms with Gasteiger partial charge in [-0.2, -0.15) is 5.10 Å². The van der Waals surface area contributed by atoms with Crippen molar-refractivity contribution in [2.24, 2.45) is 4.99 Å². The van der Waals surface area contributed by atoms with E-state index in [0.29, 0.717) is 6.54 Å². The second-order valence-corrected chi connectivity index (χ2v) is 7.82. The number of likely N-dealkylation sites (N-methyl/N-ethyl adjacent to an activating group) is 1. The first kappa shape index (κ1) is 20.1. The number of guanidine groups is 1. The normalized spacial score (nSPS) is 11.6. The van der Waals surface area contributed by atoms with Gasteiger partial charge in [-0.25, -0.2) is 14.7 Å². The lowest BCUT2D eigenvalue weighted by Gasteiger charge is -2.21. The standard InChI is InChI=1S/C21H28N6S/c1-5-22-21(26(4)11-10-19-7-6-12-28-19)24-15-18-8-9-20(23-14-18)27-17(3)13-16(2)25-27/h6-9,12-14H,5,10-11,15H2,1-4H3,(H,22,24). The topological polar surface area (TPSA) is 58.3 Å². The molecule has 0 atom stereocenters. The fourth-order valence-corrected chi connectivity index (χ4v) is 3.67. The van der Waals surface area contributed by atoms with E-state index in [1.165, 1.54) is 4.88 Å². The number of thiophene rings is 1. The molecule has 0 aliphatic heterocycles. The number of aromatic nitrogens is 3. The van der Waals surface area contributed by atoms with Crippen LogP contribution < -0.4 is 5.32 Å². The summed E-state index contributed by atoms with van der Waals surface area (Å²) in [5.74, 6) is 1.75. The molecular formula is C21H28N6S. The molecule has 3 rings (SSSR count). The van der Waals surface area contributed by atoms with Crippen LogP contribution in [0.2, 0.25) is 0 Å². The number of hydrogen-bond acceptors (Lipinski definition) is 4. The highest BCUT2D eigenvalue weighted by Gasteiger charge is 2.08. The van der Waals surface area contributed by atoms with Gasteiger partial charge in [0, 0.05) is 36.9 Å². The van der Waals surface area contributed by atoms with E-state index in [2.05, 4.69) is 63.9 Å². The van der Waals surface area contributed by atoms with Crippen molar-refractivity contribution in [1.82, 2.24) is 25.0 Å². The van der Waals surface area contributed by atoms with Gasteiger partial charge in [0.25, 0.3) is 0 Å². The Hall–Kier alpha value is -2.67. The Morgan fingerprint density at radius 2 is 2.14 bits per heavy atom. The number of aryl methyl sites for hydroxylation is 2. The fraction of sp³-hybridized carbons (Fsp3) is 0.381. The van der Waals surface area contributed by atoms with Gasteiger partial charge in [-0.3, -0.25) is 0 Å². The van der Waals surface area contributed by atoms with Gasteiger partial charge in [-0.1, -0.05) is 12.1 Å². The molecule has 0 aliphatic carbocycles. The van der Waals surface area contributed by atoms with Gasteiger partial charge < -0.3 is 10.2 Å². The highest BCUT2D eigenvalue weighted by molar-refractivity contribution is 7.09. The predicted molar refractivity (Wildman–Crippen MR) is 116 cm³/mol. The van der Waals surface area contributed by atoms with Gasteiger partial charge in [-0.15, -0.1) is 11.3 Å². The highest BCUT2D eigenvalue weighted by atomic mass is 32.1. The summed E-state index contributed by atoms with van der Waals surface area (Å²) in [5, 5.41) is 9.98. The van der Waals surface area contributed by atoms with Crippen molar-refractivity contribution >= 4 is 17.3 Å². The Labute approximate surface area is 171 Å². The number of aliphatic imine (C=N–C) groups is 1. The molecule has 1 N–H and O–H groups in total. The zero-order valence-electron chi connectivity index (χ0n) is 17.0. The van der Waals surface area contributed by atoms with E-state index in [-0.39, 0.29) is 0 Å². The van der Waals surface area contributed by atoms with Gasteiger partial charge in [0.1, 0.15) is 0 Å². The summed E-state index contributed by atoms with van der Waals surface area (Å²) in [6, 6.07) is 10.4. The van der Waals surface area contributed by atoms with Crippen LogP contribution in [0.1, 0.15) is 28.8 Å². The maximum atomic E-state index is 4.78. The van der Waals surface area contributed by atoms with Crippen LogP contribution in [0, 0.1) is 13.8 Å².